The number of quaternary nitrogens is 2. The van der Waals surface area contributed by atoms with E-state index in [1.165, 1.54) is 9.80 Å². The molecule has 1 aliphatic heterocycles. The van der Waals surface area contributed by atoms with Crippen molar-refractivity contribution in [1.29, 1.82) is 5.26 Å². The third-order valence-electron chi connectivity index (χ3n) is 3.54. The molecule has 100 valence electrons. The van der Waals surface area contributed by atoms with E-state index in [2.05, 4.69) is 18.4 Å². The fraction of sp³-hybridized carbons (Fsp3) is 0.429. The molecule has 0 spiro atoms. The Morgan fingerprint density at radius 2 is 2.00 bits per heavy atom. The van der Waals surface area contributed by atoms with E-state index in [4.69, 9.17) is 5.26 Å². The van der Waals surface area contributed by atoms with Gasteiger partial charge in [-0.1, -0.05) is 12.1 Å². The zero-order valence-electron chi connectivity index (χ0n) is 11.2. The van der Waals surface area contributed by atoms with Gasteiger partial charge in [0.1, 0.15) is 32.2 Å². The molecule has 5 heteroatoms. The highest BCUT2D eigenvalue weighted by molar-refractivity contribution is 5.92. The summed E-state index contributed by atoms with van der Waals surface area (Å²) in [5, 5.41) is 11.8. The van der Waals surface area contributed by atoms with Crippen molar-refractivity contribution in [3.05, 3.63) is 29.8 Å². The van der Waals surface area contributed by atoms with Crippen LogP contribution in [0.4, 0.5) is 5.69 Å². The minimum atomic E-state index is -0.0164. The van der Waals surface area contributed by atoms with Gasteiger partial charge in [-0.2, -0.15) is 5.26 Å². The first-order valence-electron chi connectivity index (χ1n) is 6.63. The standard InChI is InChI=1S/C14H18N4O/c1-17-6-8-18(9-7-17)11-14(19)16-13-5-3-2-4-12(13)10-15/h2-5H,6-9,11H2,1H3,(H,16,19)/p+2. The van der Waals surface area contributed by atoms with E-state index in [0.29, 0.717) is 17.8 Å². The lowest BCUT2D eigenvalue weighted by molar-refractivity contribution is -0.999. The van der Waals surface area contributed by atoms with E-state index in [0.717, 1.165) is 26.2 Å². The van der Waals surface area contributed by atoms with Crippen LogP contribution in [-0.2, 0) is 4.79 Å². The molecule has 0 aliphatic carbocycles. The normalized spacial score (nSPS) is 22.5. The Morgan fingerprint density at radius 3 is 2.68 bits per heavy atom. The number of benzene rings is 1. The van der Waals surface area contributed by atoms with Crippen molar-refractivity contribution >= 4 is 11.6 Å². The summed E-state index contributed by atoms with van der Waals surface area (Å²) in [6.07, 6.45) is 0. The molecular formula is C14H20N4O+2. The van der Waals surface area contributed by atoms with E-state index in [9.17, 15) is 4.79 Å². The zero-order valence-corrected chi connectivity index (χ0v) is 11.2. The van der Waals surface area contributed by atoms with Gasteiger partial charge in [-0.3, -0.25) is 4.79 Å². The van der Waals surface area contributed by atoms with E-state index >= 15 is 0 Å². The molecule has 0 saturated carbocycles. The largest absolute Gasteiger partial charge is 0.328 e. The Morgan fingerprint density at radius 1 is 1.32 bits per heavy atom. The number of rotatable bonds is 3. The van der Waals surface area contributed by atoms with Crippen LogP contribution in [0, 0.1) is 11.3 Å². The molecule has 1 amide bonds. The van der Waals surface area contributed by atoms with Gasteiger partial charge in [0.2, 0.25) is 0 Å². The fourth-order valence-electron chi connectivity index (χ4n) is 2.32. The van der Waals surface area contributed by atoms with Gasteiger partial charge in [-0.15, -0.1) is 0 Å². The molecule has 2 rings (SSSR count). The number of likely N-dealkylation sites (N-methyl/N-ethyl adjacent to an activating group) is 1. The first-order chi connectivity index (χ1) is 9.19. The molecule has 0 atom stereocenters. The predicted octanol–water partition coefficient (Wildman–Crippen LogP) is -2.09. The fourth-order valence-corrected chi connectivity index (χ4v) is 2.32. The number of nitrogens with zero attached hydrogens (tertiary/aromatic N) is 1. The number of amides is 1. The Balaban J connectivity index is 1.89. The van der Waals surface area contributed by atoms with Crippen LogP contribution >= 0.6 is 0 Å². The predicted molar refractivity (Wildman–Crippen MR) is 72.0 cm³/mol. The van der Waals surface area contributed by atoms with Crippen molar-refractivity contribution in [3.63, 3.8) is 0 Å². The molecule has 5 nitrogen and oxygen atoms in total. The monoisotopic (exact) mass is 260 g/mol. The number of carbonyl (C=O) groups excluding carboxylic acids is 1. The molecule has 0 radical (unpaired) electrons. The summed E-state index contributed by atoms with van der Waals surface area (Å²) in [6.45, 7) is 4.75. The van der Waals surface area contributed by atoms with Crippen molar-refractivity contribution in [1.82, 2.24) is 0 Å². The molecule has 3 N–H and O–H groups in total. The smallest absolute Gasteiger partial charge is 0.279 e. The van der Waals surface area contributed by atoms with Crippen molar-refractivity contribution in [2.24, 2.45) is 0 Å². The molecule has 1 aromatic carbocycles. The second kappa shape index (κ2) is 6.32. The third-order valence-corrected chi connectivity index (χ3v) is 3.54. The minimum absolute atomic E-state index is 0.0164. The second-order valence-electron chi connectivity index (χ2n) is 5.09. The van der Waals surface area contributed by atoms with Crippen LogP contribution in [0.15, 0.2) is 24.3 Å². The Bertz CT molecular complexity index is 486. The van der Waals surface area contributed by atoms with Gasteiger partial charge in [-0.05, 0) is 12.1 Å². The van der Waals surface area contributed by atoms with Gasteiger partial charge >= 0.3 is 0 Å². The molecule has 0 unspecified atom stereocenters. The number of carbonyl (C=O) groups is 1. The van der Waals surface area contributed by atoms with Gasteiger partial charge in [0.05, 0.1) is 18.3 Å². The van der Waals surface area contributed by atoms with Gasteiger partial charge in [0, 0.05) is 0 Å². The van der Waals surface area contributed by atoms with E-state index in [1.54, 1.807) is 18.2 Å². The topological polar surface area (TPSA) is 61.8 Å². The van der Waals surface area contributed by atoms with E-state index < -0.39 is 0 Å². The number of piperazine rings is 1. The van der Waals surface area contributed by atoms with E-state index in [-0.39, 0.29) is 5.91 Å². The Kier molecular flexibility index (Phi) is 4.50. The average Bonchev–Trinajstić information content (AvgIpc) is 2.42. The minimum Gasteiger partial charge on any atom is -0.328 e. The molecule has 1 heterocycles. The molecule has 0 bridgehead atoms. The summed E-state index contributed by atoms with van der Waals surface area (Å²) >= 11 is 0. The Hall–Kier alpha value is -1.90. The third kappa shape index (κ3) is 3.78. The summed E-state index contributed by atoms with van der Waals surface area (Å²) < 4.78 is 0. The van der Waals surface area contributed by atoms with Crippen molar-refractivity contribution < 1.29 is 14.6 Å². The number of nitriles is 1. The van der Waals surface area contributed by atoms with Crippen LogP contribution in [-0.4, -0.2) is 45.7 Å². The lowest BCUT2D eigenvalue weighted by atomic mass is 10.2. The quantitative estimate of drug-likeness (QED) is 0.584. The first kappa shape index (κ1) is 13.5. The highest BCUT2D eigenvalue weighted by Crippen LogP contribution is 2.12. The Labute approximate surface area is 113 Å². The molecule has 1 saturated heterocycles. The molecule has 0 aromatic heterocycles. The lowest BCUT2D eigenvalue weighted by Gasteiger charge is -2.26. The maximum Gasteiger partial charge on any atom is 0.279 e. The first-order valence-corrected chi connectivity index (χ1v) is 6.63. The van der Waals surface area contributed by atoms with E-state index in [1.807, 2.05) is 6.07 Å². The number of nitrogens with one attached hydrogen (secondary N) is 3. The van der Waals surface area contributed by atoms with Gasteiger partial charge in [0.25, 0.3) is 5.91 Å². The van der Waals surface area contributed by atoms with Crippen LogP contribution in [0.3, 0.4) is 0 Å². The van der Waals surface area contributed by atoms with Crippen molar-refractivity contribution in [2.45, 2.75) is 0 Å². The van der Waals surface area contributed by atoms with Crippen LogP contribution in [0.1, 0.15) is 5.56 Å². The van der Waals surface area contributed by atoms with Crippen LogP contribution in [0.2, 0.25) is 0 Å². The van der Waals surface area contributed by atoms with Crippen molar-refractivity contribution in [3.8, 4) is 6.07 Å². The van der Waals surface area contributed by atoms with Gasteiger partial charge in [0.15, 0.2) is 6.54 Å². The molecule has 1 fully saturated rings. The summed E-state index contributed by atoms with van der Waals surface area (Å²) in [5.74, 6) is -0.0164. The number of hydrogen-bond acceptors (Lipinski definition) is 2. The second-order valence-corrected chi connectivity index (χ2v) is 5.09. The maximum absolute atomic E-state index is 12.0. The summed E-state index contributed by atoms with van der Waals surface area (Å²) in [4.78, 5) is 14.8. The zero-order chi connectivity index (χ0) is 13.7. The maximum atomic E-state index is 12.0. The highest BCUT2D eigenvalue weighted by Gasteiger charge is 2.22. The summed E-state index contributed by atoms with van der Waals surface area (Å²) in [5.41, 5.74) is 1.11. The highest BCUT2D eigenvalue weighted by atomic mass is 16.2. The molecule has 1 aromatic rings. The lowest BCUT2D eigenvalue weighted by Crippen LogP contribution is -3.27. The van der Waals surface area contributed by atoms with Gasteiger partial charge < -0.3 is 15.1 Å². The molecule has 1 aliphatic rings. The van der Waals surface area contributed by atoms with Gasteiger partial charge in [-0.25, -0.2) is 0 Å². The number of hydrogen-bond donors (Lipinski definition) is 3. The van der Waals surface area contributed by atoms with Crippen LogP contribution in [0.5, 0.6) is 0 Å². The van der Waals surface area contributed by atoms with Crippen LogP contribution in [0.25, 0.3) is 0 Å². The summed E-state index contributed by atoms with van der Waals surface area (Å²) in [7, 11) is 2.18. The summed E-state index contributed by atoms with van der Waals surface area (Å²) in [6, 6.07) is 9.18. The van der Waals surface area contributed by atoms with Crippen molar-refractivity contribution in [2.75, 3.05) is 45.1 Å². The molecular weight excluding hydrogens is 240 g/mol. The number of para-hydroxylation sites is 1. The SMILES string of the molecule is C[NH+]1CC[NH+](CC(=O)Nc2ccccc2C#N)CC1. The molecule has 19 heavy (non-hydrogen) atoms. The number of anilines is 1. The average molecular weight is 260 g/mol. The van der Waals surface area contributed by atoms with Crippen LogP contribution < -0.4 is 15.1 Å².